The number of anilines is 1. The smallest absolute Gasteiger partial charge is 0.124 e. The van der Waals surface area contributed by atoms with Gasteiger partial charge in [0, 0.05) is 19.1 Å². The average molecular weight is 305 g/mol. The van der Waals surface area contributed by atoms with Gasteiger partial charge in [0.2, 0.25) is 0 Å². The van der Waals surface area contributed by atoms with Gasteiger partial charge in [0.15, 0.2) is 0 Å². The van der Waals surface area contributed by atoms with Crippen molar-refractivity contribution in [2.24, 2.45) is 0 Å². The van der Waals surface area contributed by atoms with E-state index in [0.717, 1.165) is 18.8 Å². The molecule has 4 heteroatoms. The van der Waals surface area contributed by atoms with Crippen molar-refractivity contribution >= 4 is 17.3 Å². The van der Waals surface area contributed by atoms with Gasteiger partial charge in [-0.1, -0.05) is 41.9 Å². The van der Waals surface area contributed by atoms with Gasteiger partial charge in [0.25, 0.3) is 0 Å². The molecule has 2 atom stereocenters. The largest absolute Gasteiger partial charge is 0.360 e. The molecule has 110 valence electrons. The maximum absolute atomic E-state index is 13.3. The molecule has 2 nitrogen and oxygen atoms in total. The quantitative estimate of drug-likeness (QED) is 0.901. The minimum absolute atomic E-state index is 0.199. The first-order valence-corrected chi connectivity index (χ1v) is 7.53. The number of rotatable bonds is 2. The lowest BCUT2D eigenvalue weighted by atomic mass is 10.0. The van der Waals surface area contributed by atoms with E-state index in [1.165, 1.54) is 17.7 Å². The molecular weight excluding hydrogens is 287 g/mol. The predicted molar refractivity (Wildman–Crippen MR) is 85.4 cm³/mol. The van der Waals surface area contributed by atoms with Gasteiger partial charge >= 0.3 is 0 Å². The van der Waals surface area contributed by atoms with Crippen molar-refractivity contribution in [3.05, 3.63) is 64.9 Å². The first-order chi connectivity index (χ1) is 10.1. The fourth-order valence-corrected chi connectivity index (χ4v) is 3.14. The summed E-state index contributed by atoms with van der Waals surface area (Å²) in [6.45, 7) is 3.83. The molecule has 1 heterocycles. The van der Waals surface area contributed by atoms with E-state index in [9.17, 15) is 4.39 Å². The Hall–Kier alpha value is -1.58. The second-order valence-corrected chi connectivity index (χ2v) is 5.89. The summed E-state index contributed by atoms with van der Waals surface area (Å²) in [5.41, 5.74) is 2.12. The molecule has 0 saturated carbocycles. The van der Waals surface area contributed by atoms with Gasteiger partial charge < -0.3 is 10.2 Å². The summed E-state index contributed by atoms with van der Waals surface area (Å²) in [4.78, 5) is 2.26. The molecule has 0 aromatic heterocycles. The summed E-state index contributed by atoms with van der Waals surface area (Å²) >= 11 is 6.26. The second kappa shape index (κ2) is 6.04. The van der Waals surface area contributed by atoms with E-state index in [1.807, 2.05) is 18.2 Å². The normalized spacial score (nSPS) is 22.3. The molecule has 0 spiro atoms. The number of halogens is 2. The predicted octanol–water partition coefficient (Wildman–Crippen LogP) is 4.02. The zero-order valence-corrected chi connectivity index (χ0v) is 12.6. The molecule has 2 aromatic carbocycles. The fourth-order valence-electron chi connectivity index (χ4n) is 2.86. The Morgan fingerprint density at radius 3 is 2.67 bits per heavy atom. The van der Waals surface area contributed by atoms with Gasteiger partial charge in [-0.3, -0.25) is 0 Å². The minimum Gasteiger partial charge on any atom is -0.360 e. The molecule has 3 rings (SSSR count). The van der Waals surface area contributed by atoms with Crippen molar-refractivity contribution < 1.29 is 4.39 Å². The highest BCUT2D eigenvalue weighted by atomic mass is 35.5. The maximum Gasteiger partial charge on any atom is 0.124 e. The number of piperazine rings is 1. The standard InChI is InChI=1S/C17H18ClFN2/c1-12-11-21(16-8-7-14(19)9-15(16)18)17(10-20-12)13-5-3-2-4-6-13/h2-9,12,17,20H,10-11H2,1H3. The van der Waals surface area contributed by atoms with Crippen LogP contribution in [0.1, 0.15) is 18.5 Å². The molecular formula is C17H18ClFN2. The van der Waals surface area contributed by atoms with Gasteiger partial charge in [0.05, 0.1) is 16.8 Å². The molecule has 2 unspecified atom stereocenters. The third-order valence-electron chi connectivity index (χ3n) is 3.91. The van der Waals surface area contributed by atoms with Crippen LogP contribution in [-0.2, 0) is 0 Å². The van der Waals surface area contributed by atoms with Crippen molar-refractivity contribution in [3.8, 4) is 0 Å². The Kier molecular flexibility index (Phi) is 4.13. The molecule has 0 bridgehead atoms. The summed E-state index contributed by atoms with van der Waals surface area (Å²) in [6.07, 6.45) is 0. The third kappa shape index (κ3) is 3.04. The zero-order valence-electron chi connectivity index (χ0n) is 11.9. The Balaban J connectivity index is 1.98. The summed E-state index contributed by atoms with van der Waals surface area (Å²) < 4.78 is 13.3. The molecule has 21 heavy (non-hydrogen) atoms. The number of hydrogen-bond acceptors (Lipinski definition) is 2. The van der Waals surface area contributed by atoms with E-state index in [-0.39, 0.29) is 11.9 Å². The SMILES string of the molecule is CC1CN(c2ccc(F)cc2Cl)C(c2ccccc2)CN1. The fraction of sp³-hybridized carbons (Fsp3) is 0.294. The molecule has 0 amide bonds. The first-order valence-electron chi connectivity index (χ1n) is 7.15. The van der Waals surface area contributed by atoms with Crippen molar-refractivity contribution in [2.45, 2.75) is 19.0 Å². The monoisotopic (exact) mass is 304 g/mol. The third-order valence-corrected chi connectivity index (χ3v) is 4.21. The number of nitrogens with one attached hydrogen (secondary N) is 1. The van der Waals surface area contributed by atoms with E-state index >= 15 is 0 Å². The Morgan fingerprint density at radius 1 is 1.19 bits per heavy atom. The van der Waals surface area contributed by atoms with Crippen LogP contribution in [0.3, 0.4) is 0 Å². The van der Waals surface area contributed by atoms with Crippen LogP contribution in [0.15, 0.2) is 48.5 Å². The van der Waals surface area contributed by atoms with Crippen molar-refractivity contribution in [1.82, 2.24) is 5.32 Å². The lowest BCUT2D eigenvalue weighted by Crippen LogP contribution is -2.51. The highest BCUT2D eigenvalue weighted by Gasteiger charge is 2.28. The summed E-state index contributed by atoms with van der Waals surface area (Å²) in [7, 11) is 0. The molecule has 1 aliphatic rings. The molecule has 1 aliphatic heterocycles. The van der Waals surface area contributed by atoms with Gasteiger partial charge in [-0.25, -0.2) is 4.39 Å². The van der Waals surface area contributed by atoms with Gasteiger partial charge in [-0.15, -0.1) is 0 Å². The molecule has 1 saturated heterocycles. The lowest BCUT2D eigenvalue weighted by molar-refractivity contribution is 0.416. The van der Waals surface area contributed by atoms with Crippen molar-refractivity contribution in [3.63, 3.8) is 0 Å². The number of nitrogens with zero attached hydrogens (tertiary/aromatic N) is 1. The van der Waals surface area contributed by atoms with Crippen molar-refractivity contribution in [2.75, 3.05) is 18.0 Å². The Bertz CT molecular complexity index is 617. The minimum atomic E-state index is -0.303. The van der Waals surface area contributed by atoms with E-state index in [2.05, 4.69) is 29.3 Å². The summed E-state index contributed by atoms with van der Waals surface area (Å²) in [5.74, 6) is -0.303. The highest BCUT2D eigenvalue weighted by molar-refractivity contribution is 6.33. The van der Waals surface area contributed by atoms with Gasteiger partial charge in [0.1, 0.15) is 5.82 Å². The summed E-state index contributed by atoms with van der Waals surface area (Å²) in [6, 6.07) is 15.5. The highest BCUT2D eigenvalue weighted by Crippen LogP contribution is 2.34. The topological polar surface area (TPSA) is 15.3 Å². The first kappa shape index (κ1) is 14.4. The van der Waals surface area contributed by atoms with Crippen LogP contribution in [-0.4, -0.2) is 19.1 Å². The number of benzene rings is 2. The van der Waals surface area contributed by atoms with Crippen LogP contribution in [0.4, 0.5) is 10.1 Å². The molecule has 0 radical (unpaired) electrons. The van der Waals surface area contributed by atoms with Crippen LogP contribution < -0.4 is 10.2 Å². The molecule has 1 N–H and O–H groups in total. The number of hydrogen-bond donors (Lipinski definition) is 1. The van der Waals surface area contributed by atoms with E-state index < -0.39 is 0 Å². The van der Waals surface area contributed by atoms with E-state index in [0.29, 0.717) is 11.1 Å². The van der Waals surface area contributed by atoms with Crippen LogP contribution >= 0.6 is 11.6 Å². The van der Waals surface area contributed by atoms with E-state index in [4.69, 9.17) is 11.6 Å². The van der Waals surface area contributed by atoms with Crippen molar-refractivity contribution in [1.29, 1.82) is 0 Å². The molecule has 2 aromatic rings. The second-order valence-electron chi connectivity index (χ2n) is 5.48. The lowest BCUT2D eigenvalue weighted by Gasteiger charge is -2.41. The van der Waals surface area contributed by atoms with Gasteiger partial charge in [-0.2, -0.15) is 0 Å². The van der Waals surface area contributed by atoms with Crippen LogP contribution in [0.5, 0.6) is 0 Å². The Morgan fingerprint density at radius 2 is 1.95 bits per heavy atom. The molecule has 0 aliphatic carbocycles. The van der Waals surface area contributed by atoms with Crippen LogP contribution in [0.25, 0.3) is 0 Å². The summed E-state index contributed by atoms with van der Waals surface area (Å²) in [5, 5.41) is 3.97. The zero-order chi connectivity index (χ0) is 14.8. The maximum atomic E-state index is 13.3. The van der Waals surface area contributed by atoms with Crippen LogP contribution in [0, 0.1) is 5.82 Å². The average Bonchev–Trinajstić information content (AvgIpc) is 2.48. The Labute approximate surface area is 129 Å². The van der Waals surface area contributed by atoms with Gasteiger partial charge in [-0.05, 0) is 30.7 Å². The molecule has 1 fully saturated rings. The van der Waals surface area contributed by atoms with E-state index in [1.54, 1.807) is 6.07 Å². The van der Waals surface area contributed by atoms with Crippen LogP contribution in [0.2, 0.25) is 5.02 Å².